The molecule has 0 radical (unpaired) electrons. The van der Waals surface area contributed by atoms with E-state index in [0.717, 1.165) is 31.8 Å². The topological polar surface area (TPSA) is 44.5 Å². The summed E-state index contributed by atoms with van der Waals surface area (Å²) in [6, 6.07) is 11.1. The average Bonchev–Trinajstić information content (AvgIpc) is 2.93. The second-order valence-corrected chi connectivity index (χ2v) is 8.04. The van der Waals surface area contributed by atoms with E-state index in [1.165, 1.54) is 33.4 Å². The Morgan fingerprint density at radius 2 is 1.92 bits per heavy atom. The first-order valence-corrected chi connectivity index (χ1v) is 9.16. The molecule has 0 spiro atoms. The van der Waals surface area contributed by atoms with Crippen molar-refractivity contribution in [3.05, 3.63) is 52.6 Å². The summed E-state index contributed by atoms with van der Waals surface area (Å²) in [5.74, 6) is 0.955. The van der Waals surface area contributed by atoms with E-state index in [4.69, 9.17) is 15.2 Å². The van der Waals surface area contributed by atoms with Gasteiger partial charge in [-0.3, -0.25) is 0 Å². The molecule has 3 heteroatoms. The van der Waals surface area contributed by atoms with Crippen LogP contribution in [0.15, 0.2) is 30.3 Å². The summed E-state index contributed by atoms with van der Waals surface area (Å²) in [6.45, 7) is 8.86. The van der Waals surface area contributed by atoms with Crippen molar-refractivity contribution in [1.82, 2.24) is 0 Å². The van der Waals surface area contributed by atoms with Crippen LogP contribution in [0.5, 0.6) is 5.75 Å². The van der Waals surface area contributed by atoms with Crippen molar-refractivity contribution in [3.8, 4) is 16.9 Å². The van der Waals surface area contributed by atoms with Gasteiger partial charge in [0.2, 0.25) is 0 Å². The number of fused-ring (bicyclic) bond motifs is 1. The molecule has 0 aromatic heterocycles. The van der Waals surface area contributed by atoms with Gasteiger partial charge < -0.3 is 15.2 Å². The number of hydrogen-bond donors (Lipinski definition) is 1. The van der Waals surface area contributed by atoms with Crippen molar-refractivity contribution in [1.29, 1.82) is 0 Å². The van der Waals surface area contributed by atoms with Crippen molar-refractivity contribution >= 4 is 0 Å². The molecule has 1 atom stereocenters. The predicted molar refractivity (Wildman–Crippen MR) is 101 cm³/mol. The summed E-state index contributed by atoms with van der Waals surface area (Å²) in [5, 5.41) is 0. The van der Waals surface area contributed by atoms with Crippen LogP contribution >= 0.6 is 0 Å². The Labute approximate surface area is 150 Å². The third kappa shape index (κ3) is 2.96. The van der Waals surface area contributed by atoms with Gasteiger partial charge >= 0.3 is 0 Å². The maximum atomic E-state index is 6.26. The Bertz CT molecular complexity index is 785. The highest BCUT2D eigenvalue weighted by Crippen LogP contribution is 2.40. The maximum absolute atomic E-state index is 6.26. The molecule has 2 N–H and O–H groups in total. The molecule has 1 aliphatic carbocycles. The highest BCUT2D eigenvalue weighted by Gasteiger charge is 2.34. The van der Waals surface area contributed by atoms with E-state index in [1.54, 1.807) is 0 Å². The van der Waals surface area contributed by atoms with Gasteiger partial charge in [0.1, 0.15) is 5.75 Å². The lowest BCUT2D eigenvalue weighted by atomic mass is 9.89. The second kappa shape index (κ2) is 6.15. The van der Waals surface area contributed by atoms with Crippen LogP contribution in [0.2, 0.25) is 0 Å². The fourth-order valence-corrected chi connectivity index (χ4v) is 4.14. The van der Waals surface area contributed by atoms with E-state index >= 15 is 0 Å². The third-order valence-corrected chi connectivity index (χ3v) is 5.58. The molecule has 1 saturated heterocycles. The molecular weight excluding hydrogens is 310 g/mol. The molecule has 1 aliphatic heterocycles. The van der Waals surface area contributed by atoms with Crippen molar-refractivity contribution in [3.63, 3.8) is 0 Å². The summed E-state index contributed by atoms with van der Waals surface area (Å²) in [6.07, 6.45) is 2.12. The van der Waals surface area contributed by atoms with Crippen LogP contribution in [0, 0.1) is 19.3 Å². The molecule has 0 unspecified atom stereocenters. The Morgan fingerprint density at radius 3 is 2.56 bits per heavy atom. The lowest BCUT2D eigenvalue weighted by Crippen LogP contribution is -2.44. The zero-order valence-electron chi connectivity index (χ0n) is 15.4. The van der Waals surface area contributed by atoms with Crippen LogP contribution in [-0.4, -0.2) is 19.8 Å². The Kier molecular flexibility index (Phi) is 4.09. The number of ether oxygens (including phenoxy) is 2. The number of aryl methyl sites for hydroxylation is 2. The molecule has 1 heterocycles. The fourth-order valence-electron chi connectivity index (χ4n) is 4.14. The molecule has 2 aromatic carbocycles. The summed E-state index contributed by atoms with van der Waals surface area (Å²) >= 11 is 0. The standard InChI is InChI=1S/C22H27NO2/c1-14-9-16(25-13-22(3)11-24-12-22)10-15(2)21(14)19-6-4-5-18-17(19)7-8-20(18)23/h4-6,9-10,20H,7-8,11-13,23H2,1-3H3/t20-/m1/s1. The van der Waals surface area contributed by atoms with Gasteiger partial charge in [-0.1, -0.05) is 25.1 Å². The molecule has 1 fully saturated rings. The van der Waals surface area contributed by atoms with E-state index in [-0.39, 0.29) is 11.5 Å². The summed E-state index contributed by atoms with van der Waals surface area (Å²) in [5.41, 5.74) is 14.4. The Morgan fingerprint density at radius 1 is 1.20 bits per heavy atom. The van der Waals surface area contributed by atoms with E-state index in [0.29, 0.717) is 6.61 Å². The first kappa shape index (κ1) is 16.6. The molecule has 0 saturated carbocycles. The summed E-state index contributed by atoms with van der Waals surface area (Å²) < 4.78 is 11.4. The largest absolute Gasteiger partial charge is 0.493 e. The van der Waals surface area contributed by atoms with E-state index < -0.39 is 0 Å². The Balaban J connectivity index is 1.65. The van der Waals surface area contributed by atoms with Crippen LogP contribution in [-0.2, 0) is 11.2 Å². The van der Waals surface area contributed by atoms with E-state index in [1.807, 2.05) is 0 Å². The maximum Gasteiger partial charge on any atom is 0.119 e. The van der Waals surface area contributed by atoms with Gasteiger partial charge in [-0.2, -0.15) is 0 Å². The van der Waals surface area contributed by atoms with E-state index in [2.05, 4.69) is 51.1 Å². The molecule has 132 valence electrons. The van der Waals surface area contributed by atoms with Gasteiger partial charge in [-0.05, 0) is 72.2 Å². The van der Waals surface area contributed by atoms with Gasteiger partial charge in [0.15, 0.2) is 0 Å². The molecule has 0 amide bonds. The zero-order valence-corrected chi connectivity index (χ0v) is 15.4. The number of nitrogens with two attached hydrogens (primary N) is 1. The number of benzene rings is 2. The highest BCUT2D eigenvalue weighted by molar-refractivity contribution is 5.76. The van der Waals surface area contributed by atoms with Crippen molar-refractivity contribution < 1.29 is 9.47 Å². The molecule has 0 bridgehead atoms. The SMILES string of the molecule is Cc1cc(OCC2(C)COC2)cc(C)c1-c1cccc2c1CC[C@H]2N. The first-order chi connectivity index (χ1) is 12.0. The highest BCUT2D eigenvalue weighted by atomic mass is 16.5. The van der Waals surface area contributed by atoms with Gasteiger partial charge in [-0.15, -0.1) is 0 Å². The molecule has 2 aliphatic rings. The number of rotatable bonds is 4. The van der Waals surface area contributed by atoms with E-state index in [9.17, 15) is 0 Å². The number of hydrogen-bond acceptors (Lipinski definition) is 3. The molecular formula is C22H27NO2. The molecule has 3 nitrogen and oxygen atoms in total. The normalized spacial score (nSPS) is 20.9. The van der Waals surface area contributed by atoms with Gasteiger partial charge in [0.05, 0.1) is 19.8 Å². The third-order valence-electron chi connectivity index (χ3n) is 5.58. The molecule has 25 heavy (non-hydrogen) atoms. The second-order valence-electron chi connectivity index (χ2n) is 8.04. The minimum absolute atomic E-state index is 0.164. The molecule has 2 aromatic rings. The first-order valence-electron chi connectivity index (χ1n) is 9.16. The summed E-state index contributed by atoms with van der Waals surface area (Å²) in [7, 11) is 0. The minimum Gasteiger partial charge on any atom is -0.493 e. The lowest BCUT2D eigenvalue weighted by Gasteiger charge is -2.37. The zero-order chi connectivity index (χ0) is 17.6. The van der Waals surface area contributed by atoms with Crippen LogP contribution in [0.3, 0.4) is 0 Å². The van der Waals surface area contributed by atoms with Crippen LogP contribution < -0.4 is 10.5 Å². The summed E-state index contributed by atoms with van der Waals surface area (Å²) in [4.78, 5) is 0. The molecule has 4 rings (SSSR count). The van der Waals surface area contributed by atoms with Crippen LogP contribution in [0.4, 0.5) is 0 Å². The van der Waals surface area contributed by atoms with Crippen LogP contribution in [0.25, 0.3) is 11.1 Å². The monoisotopic (exact) mass is 337 g/mol. The van der Waals surface area contributed by atoms with Gasteiger partial charge in [-0.25, -0.2) is 0 Å². The smallest absolute Gasteiger partial charge is 0.119 e. The van der Waals surface area contributed by atoms with Crippen molar-refractivity contribution in [2.45, 2.75) is 39.7 Å². The predicted octanol–water partition coefficient (Wildman–Crippen LogP) is 4.33. The minimum atomic E-state index is 0.164. The Hall–Kier alpha value is -1.84. The van der Waals surface area contributed by atoms with Crippen LogP contribution in [0.1, 0.15) is 41.6 Å². The fraction of sp³-hybridized carbons (Fsp3) is 0.455. The van der Waals surface area contributed by atoms with Crippen molar-refractivity contribution in [2.24, 2.45) is 11.1 Å². The van der Waals surface area contributed by atoms with Crippen molar-refractivity contribution in [2.75, 3.05) is 19.8 Å². The van der Waals surface area contributed by atoms with Gasteiger partial charge in [0.25, 0.3) is 0 Å². The van der Waals surface area contributed by atoms with Gasteiger partial charge in [0, 0.05) is 11.5 Å². The lowest BCUT2D eigenvalue weighted by molar-refractivity contribution is -0.120. The quantitative estimate of drug-likeness (QED) is 0.903. The average molecular weight is 337 g/mol.